The van der Waals surface area contributed by atoms with Gasteiger partial charge in [-0.1, -0.05) is 0 Å². The van der Waals surface area contributed by atoms with Gasteiger partial charge >= 0.3 is 0 Å². The normalized spacial score (nSPS) is 10.1. The Morgan fingerprint density at radius 2 is 2.20 bits per heavy atom. The number of hydrogen-bond donors (Lipinski definition) is 0. The zero-order valence-corrected chi connectivity index (χ0v) is 7.73. The SMILES string of the molecule is N#Cc1nc(C(F)F)cc(C(=O)Cl)c1F. The van der Waals surface area contributed by atoms with Crippen molar-refractivity contribution in [2.45, 2.75) is 6.43 Å². The van der Waals surface area contributed by atoms with Gasteiger partial charge in [-0.05, 0) is 17.7 Å². The first kappa shape index (κ1) is 11.5. The molecule has 0 aliphatic heterocycles. The molecule has 0 unspecified atom stereocenters. The van der Waals surface area contributed by atoms with Crippen molar-refractivity contribution in [1.82, 2.24) is 4.98 Å². The van der Waals surface area contributed by atoms with E-state index in [1.165, 1.54) is 6.07 Å². The third-order valence-corrected chi connectivity index (χ3v) is 1.72. The highest BCUT2D eigenvalue weighted by molar-refractivity contribution is 6.67. The Bertz CT molecular complexity index is 456. The van der Waals surface area contributed by atoms with Crippen molar-refractivity contribution in [1.29, 1.82) is 5.26 Å². The quantitative estimate of drug-likeness (QED) is 0.739. The lowest BCUT2D eigenvalue weighted by molar-refractivity contribution is 0.107. The Morgan fingerprint density at radius 1 is 1.60 bits per heavy atom. The Hall–Kier alpha value is -1.61. The minimum Gasteiger partial charge on any atom is -0.275 e. The second kappa shape index (κ2) is 4.28. The van der Waals surface area contributed by atoms with Gasteiger partial charge in [0, 0.05) is 0 Å². The summed E-state index contributed by atoms with van der Waals surface area (Å²) >= 11 is 4.95. The van der Waals surface area contributed by atoms with Gasteiger partial charge in [-0.2, -0.15) is 5.26 Å². The van der Waals surface area contributed by atoms with E-state index >= 15 is 0 Å². The van der Waals surface area contributed by atoms with E-state index in [1.54, 1.807) is 0 Å². The molecule has 0 aliphatic carbocycles. The summed E-state index contributed by atoms with van der Waals surface area (Å²) < 4.78 is 37.6. The topological polar surface area (TPSA) is 53.8 Å². The molecule has 0 atom stereocenters. The molecule has 0 amide bonds. The molecule has 0 aromatic carbocycles. The van der Waals surface area contributed by atoms with E-state index < -0.39 is 34.4 Å². The van der Waals surface area contributed by atoms with Crippen LogP contribution in [0.2, 0.25) is 0 Å². The number of rotatable bonds is 2. The summed E-state index contributed by atoms with van der Waals surface area (Å²) in [5.74, 6) is -1.29. The Kier molecular flexibility index (Phi) is 3.27. The molecule has 0 N–H and O–H groups in total. The van der Waals surface area contributed by atoms with Crippen LogP contribution in [-0.4, -0.2) is 10.2 Å². The maximum atomic E-state index is 13.1. The number of alkyl halides is 2. The molecule has 78 valence electrons. The van der Waals surface area contributed by atoms with E-state index in [1.807, 2.05) is 0 Å². The van der Waals surface area contributed by atoms with E-state index in [0.717, 1.165) is 0 Å². The molecule has 1 aromatic heterocycles. The monoisotopic (exact) mass is 234 g/mol. The molecule has 0 saturated heterocycles. The Morgan fingerprint density at radius 3 is 2.60 bits per heavy atom. The van der Waals surface area contributed by atoms with Crippen molar-refractivity contribution in [3.05, 3.63) is 28.8 Å². The number of carbonyl (C=O) groups is 1. The number of aromatic nitrogens is 1. The van der Waals surface area contributed by atoms with Crippen molar-refractivity contribution in [3.8, 4) is 6.07 Å². The van der Waals surface area contributed by atoms with Crippen LogP contribution in [0.3, 0.4) is 0 Å². The Labute approximate surface area is 87.1 Å². The largest absolute Gasteiger partial charge is 0.280 e. The van der Waals surface area contributed by atoms with E-state index in [0.29, 0.717) is 6.07 Å². The van der Waals surface area contributed by atoms with Gasteiger partial charge in [0.2, 0.25) is 0 Å². The molecule has 1 rings (SSSR count). The first-order chi connectivity index (χ1) is 6.97. The number of carbonyl (C=O) groups excluding carboxylic acids is 1. The standard InChI is InChI=1S/C8H2ClF3N2O/c9-7(15)3-1-4(8(11)12)14-5(2-13)6(3)10/h1,8H. The van der Waals surface area contributed by atoms with Gasteiger partial charge in [-0.15, -0.1) is 0 Å². The summed E-state index contributed by atoms with van der Waals surface area (Å²) in [6.45, 7) is 0. The number of nitrogens with zero attached hydrogens (tertiary/aromatic N) is 2. The van der Waals surface area contributed by atoms with Crippen LogP contribution in [0.25, 0.3) is 0 Å². The summed E-state index contributed by atoms with van der Waals surface area (Å²) in [7, 11) is 0. The van der Waals surface area contributed by atoms with Crippen LogP contribution in [0.4, 0.5) is 13.2 Å². The minimum absolute atomic E-state index is 0.524. The van der Waals surface area contributed by atoms with Crippen LogP contribution >= 0.6 is 11.6 Å². The van der Waals surface area contributed by atoms with E-state index in [2.05, 4.69) is 4.98 Å². The third-order valence-electron chi connectivity index (χ3n) is 1.52. The highest BCUT2D eigenvalue weighted by Crippen LogP contribution is 2.21. The molecule has 1 heterocycles. The molecule has 0 saturated carbocycles. The van der Waals surface area contributed by atoms with Gasteiger partial charge in [0.15, 0.2) is 11.5 Å². The molecule has 0 radical (unpaired) electrons. The smallest absolute Gasteiger partial charge is 0.275 e. The fourth-order valence-electron chi connectivity index (χ4n) is 0.878. The molecule has 0 fully saturated rings. The molecule has 0 bridgehead atoms. The fraction of sp³-hybridized carbons (Fsp3) is 0.125. The van der Waals surface area contributed by atoms with Crippen LogP contribution in [-0.2, 0) is 0 Å². The lowest BCUT2D eigenvalue weighted by Gasteiger charge is -2.03. The van der Waals surface area contributed by atoms with Crippen LogP contribution in [0.1, 0.15) is 28.2 Å². The maximum Gasteiger partial charge on any atom is 0.280 e. The van der Waals surface area contributed by atoms with E-state index in [4.69, 9.17) is 16.9 Å². The second-order valence-electron chi connectivity index (χ2n) is 2.44. The van der Waals surface area contributed by atoms with Crippen molar-refractivity contribution in [2.75, 3.05) is 0 Å². The average molecular weight is 235 g/mol. The van der Waals surface area contributed by atoms with Gasteiger partial charge < -0.3 is 0 Å². The Balaban J connectivity index is 3.47. The average Bonchev–Trinajstić information content (AvgIpc) is 2.17. The number of halogens is 4. The van der Waals surface area contributed by atoms with Gasteiger partial charge in [-0.3, -0.25) is 4.79 Å². The first-order valence-electron chi connectivity index (χ1n) is 3.56. The van der Waals surface area contributed by atoms with Crippen molar-refractivity contribution in [2.24, 2.45) is 0 Å². The van der Waals surface area contributed by atoms with Crippen molar-refractivity contribution >= 4 is 16.8 Å². The fourth-order valence-corrected chi connectivity index (χ4v) is 1.02. The van der Waals surface area contributed by atoms with Gasteiger partial charge in [0.1, 0.15) is 11.8 Å². The highest BCUT2D eigenvalue weighted by Gasteiger charge is 2.20. The van der Waals surface area contributed by atoms with Gasteiger partial charge in [0.25, 0.3) is 11.7 Å². The summed E-state index contributed by atoms with van der Waals surface area (Å²) in [6.07, 6.45) is -3.01. The number of nitriles is 1. The van der Waals surface area contributed by atoms with E-state index in [9.17, 15) is 18.0 Å². The maximum absolute atomic E-state index is 13.1. The predicted molar refractivity (Wildman–Crippen MR) is 44.1 cm³/mol. The second-order valence-corrected chi connectivity index (χ2v) is 2.79. The zero-order chi connectivity index (χ0) is 11.6. The zero-order valence-electron chi connectivity index (χ0n) is 6.97. The van der Waals surface area contributed by atoms with Gasteiger partial charge in [-0.25, -0.2) is 18.2 Å². The molecule has 7 heteroatoms. The summed E-state index contributed by atoms with van der Waals surface area (Å²) in [5, 5.41) is 7.12. The van der Waals surface area contributed by atoms with E-state index in [-0.39, 0.29) is 0 Å². The molecule has 1 aromatic rings. The van der Waals surface area contributed by atoms with Crippen LogP contribution in [0.15, 0.2) is 6.07 Å². The van der Waals surface area contributed by atoms with Crippen LogP contribution in [0.5, 0.6) is 0 Å². The minimum atomic E-state index is -3.01. The van der Waals surface area contributed by atoms with Crippen LogP contribution < -0.4 is 0 Å². The lowest BCUT2D eigenvalue weighted by Crippen LogP contribution is -2.04. The number of pyridine rings is 1. The molecular formula is C8H2ClF3N2O. The molecule has 0 aliphatic rings. The third kappa shape index (κ3) is 2.25. The van der Waals surface area contributed by atoms with Gasteiger partial charge in [0.05, 0.1) is 5.56 Å². The number of hydrogen-bond acceptors (Lipinski definition) is 3. The summed E-state index contributed by atoms with van der Waals surface area (Å²) in [5.41, 5.74) is -2.52. The predicted octanol–water partition coefficient (Wildman–Crippen LogP) is 2.41. The van der Waals surface area contributed by atoms with Crippen molar-refractivity contribution in [3.63, 3.8) is 0 Å². The summed E-state index contributed by atoms with van der Waals surface area (Å²) in [6, 6.07) is 1.78. The summed E-state index contributed by atoms with van der Waals surface area (Å²) in [4.78, 5) is 13.7. The highest BCUT2D eigenvalue weighted by atomic mass is 35.5. The van der Waals surface area contributed by atoms with Crippen LogP contribution in [0, 0.1) is 17.1 Å². The molecular weight excluding hydrogens is 233 g/mol. The molecule has 3 nitrogen and oxygen atoms in total. The molecule has 0 spiro atoms. The van der Waals surface area contributed by atoms with Crippen molar-refractivity contribution < 1.29 is 18.0 Å². The first-order valence-corrected chi connectivity index (χ1v) is 3.93. The lowest BCUT2D eigenvalue weighted by atomic mass is 10.2. The molecule has 15 heavy (non-hydrogen) atoms.